The number of esters is 1. The Hall–Kier alpha value is -2.87. The molecule has 160 valence electrons. The Morgan fingerprint density at radius 2 is 1.90 bits per heavy atom. The summed E-state index contributed by atoms with van der Waals surface area (Å²) in [5, 5.41) is 2.81. The number of hydrogen-bond donors (Lipinski definition) is 1. The van der Waals surface area contributed by atoms with Crippen LogP contribution in [-0.2, 0) is 19.6 Å². The summed E-state index contributed by atoms with van der Waals surface area (Å²) in [5.74, 6) is -0.990. The van der Waals surface area contributed by atoms with Gasteiger partial charge in [0.1, 0.15) is 0 Å². The van der Waals surface area contributed by atoms with Gasteiger partial charge in [-0.1, -0.05) is 24.3 Å². The van der Waals surface area contributed by atoms with E-state index in [1.165, 1.54) is 22.0 Å². The summed E-state index contributed by atoms with van der Waals surface area (Å²) in [6.07, 6.45) is 0.551. The number of nitrogens with zero attached hydrogens (tertiary/aromatic N) is 1. The summed E-state index contributed by atoms with van der Waals surface area (Å²) in [5.41, 5.74) is 3.91. The van der Waals surface area contributed by atoms with E-state index >= 15 is 0 Å². The van der Waals surface area contributed by atoms with Crippen molar-refractivity contribution in [2.75, 3.05) is 23.2 Å². The molecule has 2 aromatic carbocycles. The molecule has 1 heterocycles. The van der Waals surface area contributed by atoms with Crippen molar-refractivity contribution in [3.63, 3.8) is 0 Å². The predicted octanol–water partition coefficient (Wildman–Crippen LogP) is 2.88. The molecule has 1 atom stereocenters. The van der Waals surface area contributed by atoms with Crippen LogP contribution in [0.1, 0.15) is 46.4 Å². The number of benzene rings is 2. The molecule has 30 heavy (non-hydrogen) atoms. The van der Waals surface area contributed by atoms with Crippen LogP contribution < -0.4 is 9.62 Å². The second-order valence-corrected chi connectivity index (χ2v) is 9.51. The van der Waals surface area contributed by atoms with Crippen molar-refractivity contribution >= 4 is 27.6 Å². The van der Waals surface area contributed by atoms with Gasteiger partial charge < -0.3 is 10.1 Å². The van der Waals surface area contributed by atoms with Gasteiger partial charge in [0, 0.05) is 6.54 Å². The molecule has 1 aliphatic rings. The number of carbonyl (C=O) groups excluding carboxylic acids is 2. The fourth-order valence-corrected chi connectivity index (χ4v) is 4.89. The lowest BCUT2D eigenvalue weighted by Gasteiger charge is -2.17. The Morgan fingerprint density at radius 3 is 2.57 bits per heavy atom. The molecular formula is C22H26N2O5S. The van der Waals surface area contributed by atoms with Crippen molar-refractivity contribution in [3.8, 4) is 0 Å². The summed E-state index contributed by atoms with van der Waals surface area (Å²) >= 11 is 0. The van der Waals surface area contributed by atoms with Crippen molar-refractivity contribution < 1.29 is 22.7 Å². The zero-order valence-electron chi connectivity index (χ0n) is 17.3. The first-order chi connectivity index (χ1) is 14.2. The van der Waals surface area contributed by atoms with Crippen LogP contribution in [0.15, 0.2) is 42.5 Å². The summed E-state index contributed by atoms with van der Waals surface area (Å²) in [4.78, 5) is 24.5. The van der Waals surface area contributed by atoms with Crippen LogP contribution >= 0.6 is 0 Å². The van der Waals surface area contributed by atoms with Gasteiger partial charge >= 0.3 is 5.97 Å². The van der Waals surface area contributed by atoms with Gasteiger partial charge in [-0.2, -0.15) is 0 Å². The summed E-state index contributed by atoms with van der Waals surface area (Å²) < 4.78 is 30.6. The second kappa shape index (κ2) is 8.87. The van der Waals surface area contributed by atoms with Gasteiger partial charge in [-0.15, -0.1) is 0 Å². The number of sulfonamides is 1. The van der Waals surface area contributed by atoms with E-state index in [0.29, 0.717) is 18.7 Å². The zero-order valence-corrected chi connectivity index (χ0v) is 18.2. The molecule has 1 amide bonds. The number of aryl methyl sites for hydroxylation is 2. The molecule has 1 unspecified atom stereocenters. The number of carbonyl (C=O) groups is 2. The van der Waals surface area contributed by atoms with Crippen LogP contribution in [0.2, 0.25) is 0 Å². The number of nitrogens with one attached hydrogen (secondary N) is 1. The smallest absolute Gasteiger partial charge is 0.338 e. The molecule has 0 bridgehead atoms. The average molecular weight is 431 g/mol. The van der Waals surface area contributed by atoms with Gasteiger partial charge in [0.15, 0.2) is 6.61 Å². The standard InChI is InChI=1S/C22H26N2O5S/c1-15-8-9-18(12-16(15)2)17(3)23-21(25)14-29-22(26)19-6-4-7-20(13-19)24-10-5-11-30(24,27)28/h4,6-9,12-13,17H,5,10-11,14H2,1-3H3,(H,23,25). The lowest BCUT2D eigenvalue weighted by Crippen LogP contribution is -2.31. The molecule has 8 heteroatoms. The van der Waals surface area contributed by atoms with Crippen molar-refractivity contribution in [1.82, 2.24) is 5.32 Å². The van der Waals surface area contributed by atoms with Crippen molar-refractivity contribution in [3.05, 3.63) is 64.7 Å². The first-order valence-electron chi connectivity index (χ1n) is 9.81. The van der Waals surface area contributed by atoms with Gasteiger partial charge in [-0.25, -0.2) is 13.2 Å². The minimum atomic E-state index is -3.34. The van der Waals surface area contributed by atoms with Crippen LogP contribution in [0.4, 0.5) is 5.69 Å². The van der Waals surface area contributed by atoms with E-state index in [9.17, 15) is 18.0 Å². The van der Waals surface area contributed by atoms with Crippen molar-refractivity contribution in [1.29, 1.82) is 0 Å². The molecule has 0 aromatic heterocycles. The molecule has 0 spiro atoms. The van der Waals surface area contributed by atoms with Gasteiger partial charge in [0.25, 0.3) is 5.91 Å². The highest BCUT2D eigenvalue weighted by Crippen LogP contribution is 2.25. The topological polar surface area (TPSA) is 92.8 Å². The fraction of sp³-hybridized carbons (Fsp3) is 0.364. The van der Waals surface area contributed by atoms with Crippen LogP contribution in [0.3, 0.4) is 0 Å². The van der Waals surface area contributed by atoms with E-state index < -0.39 is 28.5 Å². The minimum absolute atomic E-state index is 0.0978. The van der Waals surface area contributed by atoms with E-state index in [2.05, 4.69) is 5.32 Å². The average Bonchev–Trinajstić information content (AvgIpc) is 3.07. The van der Waals surface area contributed by atoms with E-state index in [-0.39, 0.29) is 17.4 Å². The molecule has 0 saturated carbocycles. The highest BCUT2D eigenvalue weighted by molar-refractivity contribution is 7.93. The Balaban J connectivity index is 1.58. The van der Waals surface area contributed by atoms with E-state index in [1.54, 1.807) is 12.1 Å². The lowest BCUT2D eigenvalue weighted by atomic mass is 10.0. The summed E-state index contributed by atoms with van der Waals surface area (Å²) in [7, 11) is -3.34. The molecule has 7 nitrogen and oxygen atoms in total. The minimum Gasteiger partial charge on any atom is -0.452 e. The highest BCUT2D eigenvalue weighted by Gasteiger charge is 2.28. The molecular weight excluding hydrogens is 404 g/mol. The molecule has 0 aliphatic carbocycles. The van der Waals surface area contributed by atoms with Gasteiger partial charge in [0.05, 0.1) is 23.0 Å². The Kier molecular flexibility index (Phi) is 6.45. The third-order valence-corrected chi connectivity index (χ3v) is 7.08. The summed E-state index contributed by atoms with van der Waals surface area (Å²) in [6, 6.07) is 12.0. The van der Waals surface area contributed by atoms with Crippen molar-refractivity contribution in [2.45, 2.75) is 33.2 Å². The van der Waals surface area contributed by atoms with E-state index in [4.69, 9.17) is 4.74 Å². The molecule has 2 aromatic rings. The number of ether oxygens (including phenoxy) is 1. The number of amides is 1. The maximum Gasteiger partial charge on any atom is 0.338 e. The van der Waals surface area contributed by atoms with Crippen LogP contribution in [-0.4, -0.2) is 39.2 Å². The third-order valence-electron chi connectivity index (χ3n) is 5.21. The largest absolute Gasteiger partial charge is 0.452 e. The number of rotatable bonds is 6. The fourth-order valence-electron chi connectivity index (χ4n) is 3.33. The SMILES string of the molecule is Cc1ccc(C(C)NC(=O)COC(=O)c2cccc(N3CCCS3(=O)=O)c2)cc1C. The number of hydrogen-bond acceptors (Lipinski definition) is 5. The monoisotopic (exact) mass is 430 g/mol. The maximum absolute atomic E-state index is 12.3. The van der Waals surface area contributed by atoms with Crippen LogP contribution in [0, 0.1) is 13.8 Å². The Labute approximate surface area is 177 Å². The van der Waals surface area contributed by atoms with E-state index in [0.717, 1.165) is 11.1 Å². The Morgan fingerprint density at radius 1 is 1.13 bits per heavy atom. The molecule has 3 rings (SSSR count). The van der Waals surface area contributed by atoms with Crippen molar-refractivity contribution in [2.24, 2.45) is 0 Å². The Bertz CT molecular complexity index is 1060. The lowest BCUT2D eigenvalue weighted by molar-refractivity contribution is -0.124. The third kappa shape index (κ3) is 4.99. The quantitative estimate of drug-likeness (QED) is 0.712. The zero-order chi connectivity index (χ0) is 21.9. The molecule has 1 N–H and O–H groups in total. The highest BCUT2D eigenvalue weighted by atomic mass is 32.2. The van der Waals surface area contributed by atoms with Gasteiger partial charge in [-0.3, -0.25) is 9.10 Å². The van der Waals surface area contributed by atoms with Gasteiger partial charge in [0.2, 0.25) is 10.0 Å². The second-order valence-electron chi connectivity index (χ2n) is 7.50. The van der Waals surface area contributed by atoms with Gasteiger partial charge in [-0.05, 0) is 62.1 Å². The normalized spacial score (nSPS) is 16.2. The first-order valence-corrected chi connectivity index (χ1v) is 11.4. The first kappa shape index (κ1) is 21.8. The molecule has 1 aliphatic heterocycles. The van der Waals surface area contributed by atoms with E-state index in [1.807, 2.05) is 39.0 Å². The molecule has 1 saturated heterocycles. The predicted molar refractivity (Wildman–Crippen MR) is 115 cm³/mol. The van der Waals surface area contributed by atoms with Crippen LogP contribution in [0.5, 0.6) is 0 Å². The molecule has 1 fully saturated rings. The summed E-state index contributed by atoms with van der Waals surface area (Å²) in [6.45, 7) is 5.87. The maximum atomic E-state index is 12.3. The van der Waals surface area contributed by atoms with Crippen LogP contribution in [0.25, 0.3) is 0 Å². The number of anilines is 1. The molecule has 0 radical (unpaired) electrons.